The largest absolute Gasteiger partial charge is 0.339 e. The van der Waals surface area contributed by atoms with Gasteiger partial charge in [0.25, 0.3) is 0 Å². The van der Waals surface area contributed by atoms with Gasteiger partial charge in [0.05, 0.1) is 23.6 Å². The Morgan fingerprint density at radius 2 is 1.65 bits per heavy atom. The third kappa shape index (κ3) is 4.95. The molecule has 0 saturated carbocycles. The van der Waals surface area contributed by atoms with Crippen LogP contribution in [0.5, 0.6) is 0 Å². The minimum atomic E-state index is -3.56. The molecular weight excluding hydrogens is 356 g/mol. The summed E-state index contributed by atoms with van der Waals surface area (Å²) in [6, 6.07) is 8.16. The molecule has 1 saturated heterocycles. The van der Waals surface area contributed by atoms with Crippen LogP contribution in [0, 0.1) is 11.3 Å². The quantitative estimate of drug-likeness (QED) is 0.738. The molecule has 2 amide bonds. The van der Waals surface area contributed by atoms with Crippen LogP contribution in [0.1, 0.15) is 18.9 Å². The number of benzene rings is 1. The lowest BCUT2D eigenvalue weighted by Gasteiger charge is -2.34. The summed E-state index contributed by atoms with van der Waals surface area (Å²) in [5, 5.41) is 8.84. The van der Waals surface area contributed by atoms with E-state index in [1.165, 1.54) is 19.1 Å². The van der Waals surface area contributed by atoms with E-state index in [0.29, 0.717) is 37.4 Å². The third-order valence-electron chi connectivity index (χ3n) is 4.29. The fourth-order valence-electron chi connectivity index (χ4n) is 2.81. The maximum atomic E-state index is 12.4. The number of hydrogen-bond donors (Lipinski definition) is 0. The maximum absolute atomic E-state index is 12.4. The van der Waals surface area contributed by atoms with E-state index in [1.807, 2.05) is 6.07 Å². The number of anilines is 1. The standard InChI is InChI=1S/C17H22N4O4S/c1-14(22)19-9-11-20(12-10-19)17(23)7-8-21(26(2,24)25)16-5-3-15(13-18)4-6-16/h3-6H,7-12H2,1-2H3. The van der Waals surface area contributed by atoms with Gasteiger partial charge in [-0.2, -0.15) is 5.26 Å². The number of rotatable bonds is 5. The molecule has 0 atom stereocenters. The van der Waals surface area contributed by atoms with Gasteiger partial charge in [-0.3, -0.25) is 13.9 Å². The summed E-state index contributed by atoms with van der Waals surface area (Å²) in [5.74, 6) is -0.156. The smallest absolute Gasteiger partial charge is 0.232 e. The molecule has 0 N–H and O–H groups in total. The van der Waals surface area contributed by atoms with Crippen molar-refractivity contribution in [3.8, 4) is 6.07 Å². The normalized spacial score (nSPS) is 14.7. The number of sulfonamides is 1. The summed E-state index contributed by atoms with van der Waals surface area (Å²) >= 11 is 0. The molecule has 26 heavy (non-hydrogen) atoms. The van der Waals surface area contributed by atoms with Crippen LogP contribution in [0.4, 0.5) is 5.69 Å². The van der Waals surface area contributed by atoms with Crippen molar-refractivity contribution in [2.24, 2.45) is 0 Å². The molecule has 0 bridgehead atoms. The molecule has 0 unspecified atom stereocenters. The first-order valence-electron chi connectivity index (χ1n) is 8.23. The number of hydrogen-bond acceptors (Lipinski definition) is 5. The highest BCUT2D eigenvalue weighted by atomic mass is 32.2. The van der Waals surface area contributed by atoms with E-state index in [-0.39, 0.29) is 24.8 Å². The Hall–Kier alpha value is -2.60. The number of amides is 2. The monoisotopic (exact) mass is 378 g/mol. The third-order valence-corrected chi connectivity index (χ3v) is 5.49. The fourth-order valence-corrected chi connectivity index (χ4v) is 3.74. The summed E-state index contributed by atoms with van der Waals surface area (Å²) in [6.45, 7) is 3.41. The summed E-state index contributed by atoms with van der Waals surface area (Å²) in [7, 11) is -3.56. The predicted octanol–water partition coefficient (Wildman–Crippen LogP) is 0.405. The average molecular weight is 378 g/mol. The van der Waals surface area contributed by atoms with Gasteiger partial charge in [0.2, 0.25) is 21.8 Å². The van der Waals surface area contributed by atoms with Crippen molar-refractivity contribution in [1.29, 1.82) is 5.26 Å². The topological polar surface area (TPSA) is 102 Å². The van der Waals surface area contributed by atoms with Gasteiger partial charge in [-0.25, -0.2) is 8.42 Å². The van der Waals surface area contributed by atoms with Gasteiger partial charge in [0.15, 0.2) is 0 Å². The zero-order chi connectivity index (χ0) is 19.3. The van der Waals surface area contributed by atoms with Crippen molar-refractivity contribution < 1.29 is 18.0 Å². The molecule has 1 aromatic rings. The Morgan fingerprint density at radius 3 is 2.12 bits per heavy atom. The molecule has 0 spiro atoms. The molecule has 0 aromatic heterocycles. The van der Waals surface area contributed by atoms with Crippen molar-refractivity contribution in [3.05, 3.63) is 29.8 Å². The van der Waals surface area contributed by atoms with Gasteiger partial charge in [-0.15, -0.1) is 0 Å². The molecule has 9 heteroatoms. The lowest BCUT2D eigenvalue weighted by molar-refractivity contribution is -0.138. The Balaban J connectivity index is 2.00. The Labute approximate surface area is 153 Å². The number of carbonyl (C=O) groups excluding carboxylic acids is 2. The van der Waals surface area contributed by atoms with E-state index in [1.54, 1.807) is 21.9 Å². The Kier molecular flexibility index (Phi) is 6.21. The second kappa shape index (κ2) is 8.19. The van der Waals surface area contributed by atoms with Crippen LogP contribution in [-0.4, -0.2) is 69.0 Å². The average Bonchev–Trinajstić information content (AvgIpc) is 2.61. The molecule has 1 aliphatic heterocycles. The summed E-state index contributed by atoms with van der Waals surface area (Å²) in [4.78, 5) is 27.1. The van der Waals surface area contributed by atoms with Crippen molar-refractivity contribution in [3.63, 3.8) is 0 Å². The first kappa shape index (κ1) is 19.7. The first-order chi connectivity index (χ1) is 12.2. The highest BCUT2D eigenvalue weighted by Crippen LogP contribution is 2.19. The zero-order valence-corrected chi connectivity index (χ0v) is 15.7. The zero-order valence-electron chi connectivity index (χ0n) is 14.9. The van der Waals surface area contributed by atoms with E-state index < -0.39 is 10.0 Å². The van der Waals surface area contributed by atoms with Crippen molar-refractivity contribution >= 4 is 27.5 Å². The molecule has 0 radical (unpaired) electrons. The maximum Gasteiger partial charge on any atom is 0.232 e. The number of piperazine rings is 1. The lowest BCUT2D eigenvalue weighted by atomic mass is 10.2. The molecular formula is C17H22N4O4S. The van der Waals surface area contributed by atoms with E-state index in [4.69, 9.17) is 5.26 Å². The lowest BCUT2D eigenvalue weighted by Crippen LogP contribution is -2.50. The van der Waals surface area contributed by atoms with Gasteiger partial charge < -0.3 is 9.80 Å². The molecule has 8 nitrogen and oxygen atoms in total. The Morgan fingerprint density at radius 1 is 1.12 bits per heavy atom. The van der Waals surface area contributed by atoms with Crippen LogP contribution in [0.15, 0.2) is 24.3 Å². The van der Waals surface area contributed by atoms with Crippen molar-refractivity contribution in [1.82, 2.24) is 9.80 Å². The van der Waals surface area contributed by atoms with Crippen LogP contribution in [0.2, 0.25) is 0 Å². The van der Waals surface area contributed by atoms with Crippen LogP contribution < -0.4 is 4.31 Å². The minimum Gasteiger partial charge on any atom is -0.339 e. The molecule has 1 heterocycles. The highest BCUT2D eigenvalue weighted by Gasteiger charge is 2.24. The van der Waals surface area contributed by atoms with Gasteiger partial charge in [0, 0.05) is 46.1 Å². The molecule has 140 valence electrons. The summed E-state index contributed by atoms with van der Waals surface area (Å²) in [6.07, 6.45) is 1.13. The first-order valence-corrected chi connectivity index (χ1v) is 10.1. The molecule has 1 fully saturated rings. The van der Waals surface area contributed by atoms with Gasteiger partial charge in [-0.1, -0.05) is 0 Å². The number of carbonyl (C=O) groups is 2. The van der Waals surface area contributed by atoms with Gasteiger partial charge in [0.1, 0.15) is 0 Å². The fraction of sp³-hybridized carbons (Fsp3) is 0.471. The molecule has 1 aliphatic rings. The van der Waals surface area contributed by atoms with Gasteiger partial charge >= 0.3 is 0 Å². The van der Waals surface area contributed by atoms with Gasteiger partial charge in [-0.05, 0) is 24.3 Å². The van der Waals surface area contributed by atoms with Crippen LogP contribution >= 0.6 is 0 Å². The highest BCUT2D eigenvalue weighted by molar-refractivity contribution is 7.92. The number of nitriles is 1. The summed E-state index contributed by atoms with van der Waals surface area (Å²) < 4.78 is 25.3. The SMILES string of the molecule is CC(=O)N1CCN(C(=O)CCN(c2ccc(C#N)cc2)S(C)(=O)=O)CC1. The Bertz CT molecular complexity index is 806. The van der Waals surface area contributed by atoms with E-state index >= 15 is 0 Å². The van der Waals surface area contributed by atoms with E-state index in [9.17, 15) is 18.0 Å². The van der Waals surface area contributed by atoms with E-state index in [0.717, 1.165) is 10.6 Å². The predicted molar refractivity (Wildman–Crippen MR) is 96.8 cm³/mol. The second-order valence-electron chi connectivity index (χ2n) is 6.13. The molecule has 1 aromatic carbocycles. The minimum absolute atomic E-state index is 0.0128. The van der Waals surface area contributed by atoms with Crippen LogP contribution in [0.3, 0.4) is 0 Å². The van der Waals surface area contributed by atoms with Crippen LogP contribution in [0.25, 0.3) is 0 Å². The van der Waals surface area contributed by atoms with E-state index in [2.05, 4.69) is 0 Å². The molecule has 2 rings (SSSR count). The molecule has 0 aliphatic carbocycles. The van der Waals surface area contributed by atoms with Crippen LogP contribution in [-0.2, 0) is 19.6 Å². The number of nitrogens with zero attached hydrogens (tertiary/aromatic N) is 4. The van der Waals surface area contributed by atoms with Crippen molar-refractivity contribution in [2.45, 2.75) is 13.3 Å². The summed E-state index contributed by atoms with van der Waals surface area (Å²) in [5.41, 5.74) is 0.849. The van der Waals surface area contributed by atoms with Crippen molar-refractivity contribution in [2.75, 3.05) is 43.3 Å². The second-order valence-corrected chi connectivity index (χ2v) is 8.04.